The quantitative estimate of drug-likeness (QED) is 0.868. The summed E-state index contributed by atoms with van der Waals surface area (Å²) in [5.41, 5.74) is 8.32. The maximum Gasteiger partial charge on any atom is 0.239 e. The van der Waals surface area contributed by atoms with Crippen molar-refractivity contribution in [2.45, 2.75) is 39.8 Å². The second kappa shape index (κ2) is 6.55. The summed E-state index contributed by atoms with van der Waals surface area (Å²) >= 11 is 0. The summed E-state index contributed by atoms with van der Waals surface area (Å²) < 4.78 is 0. The first-order chi connectivity index (χ1) is 8.45. The maximum absolute atomic E-state index is 12.0. The van der Waals surface area contributed by atoms with Gasteiger partial charge in [-0.2, -0.15) is 0 Å². The molecule has 18 heavy (non-hydrogen) atoms. The lowest BCUT2D eigenvalue weighted by Crippen LogP contribution is -2.44. The van der Waals surface area contributed by atoms with Gasteiger partial charge in [-0.15, -0.1) is 0 Å². The van der Waals surface area contributed by atoms with Crippen LogP contribution in [-0.2, 0) is 17.8 Å². The second-order valence-electron chi connectivity index (χ2n) is 5.13. The number of hydrogen-bond donors (Lipinski definition) is 1. The van der Waals surface area contributed by atoms with Crippen LogP contribution in [0.25, 0.3) is 0 Å². The molecule has 0 fully saturated rings. The van der Waals surface area contributed by atoms with Gasteiger partial charge in [-0.3, -0.25) is 4.79 Å². The van der Waals surface area contributed by atoms with Crippen molar-refractivity contribution in [2.24, 2.45) is 11.7 Å². The van der Waals surface area contributed by atoms with Gasteiger partial charge < -0.3 is 10.6 Å². The number of carbonyl (C=O) groups is 1. The second-order valence-corrected chi connectivity index (χ2v) is 5.13. The Balaban J connectivity index is 2.63. The monoisotopic (exact) mass is 248 g/mol. The minimum atomic E-state index is -0.412. The highest BCUT2D eigenvalue weighted by Gasteiger charge is 2.20. The number of amides is 1. The van der Waals surface area contributed by atoms with E-state index in [-0.39, 0.29) is 11.8 Å². The molecule has 3 nitrogen and oxygen atoms in total. The summed E-state index contributed by atoms with van der Waals surface area (Å²) in [5.74, 6) is 0.173. The van der Waals surface area contributed by atoms with E-state index >= 15 is 0 Å². The van der Waals surface area contributed by atoms with Crippen LogP contribution in [0.1, 0.15) is 31.9 Å². The van der Waals surface area contributed by atoms with Crippen molar-refractivity contribution in [2.75, 3.05) is 7.05 Å². The third kappa shape index (κ3) is 3.84. The van der Waals surface area contributed by atoms with Crippen molar-refractivity contribution in [1.29, 1.82) is 0 Å². The molecule has 1 amide bonds. The Morgan fingerprint density at radius 1 is 1.22 bits per heavy atom. The van der Waals surface area contributed by atoms with E-state index in [1.54, 1.807) is 11.9 Å². The predicted molar refractivity (Wildman–Crippen MR) is 75.1 cm³/mol. The van der Waals surface area contributed by atoms with Crippen molar-refractivity contribution in [1.82, 2.24) is 4.90 Å². The average Bonchev–Trinajstić information content (AvgIpc) is 2.37. The van der Waals surface area contributed by atoms with Crippen LogP contribution in [0.2, 0.25) is 0 Å². The fourth-order valence-corrected chi connectivity index (χ4v) is 1.77. The third-order valence-corrected chi connectivity index (χ3v) is 3.23. The molecular formula is C15H24N2O. The summed E-state index contributed by atoms with van der Waals surface area (Å²) in [4.78, 5) is 13.7. The van der Waals surface area contributed by atoms with Crippen LogP contribution >= 0.6 is 0 Å². The number of aryl methyl sites for hydroxylation is 1. The average molecular weight is 248 g/mol. The lowest BCUT2D eigenvalue weighted by atomic mass is 10.0. The first-order valence-electron chi connectivity index (χ1n) is 6.54. The highest BCUT2D eigenvalue weighted by molar-refractivity contribution is 5.81. The van der Waals surface area contributed by atoms with E-state index in [0.717, 1.165) is 12.0 Å². The first kappa shape index (κ1) is 14.7. The molecule has 0 aromatic heterocycles. The summed E-state index contributed by atoms with van der Waals surface area (Å²) in [6.45, 7) is 6.68. The van der Waals surface area contributed by atoms with Crippen molar-refractivity contribution in [3.05, 3.63) is 35.4 Å². The van der Waals surface area contributed by atoms with E-state index in [2.05, 4.69) is 31.2 Å². The van der Waals surface area contributed by atoms with E-state index in [9.17, 15) is 4.79 Å². The van der Waals surface area contributed by atoms with Gasteiger partial charge in [0.1, 0.15) is 0 Å². The molecule has 0 bridgehead atoms. The van der Waals surface area contributed by atoms with Crippen LogP contribution in [0.5, 0.6) is 0 Å². The molecule has 1 aromatic carbocycles. The molecule has 0 heterocycles. The number of nitrogens with two attached hydrogens (primary N) is 1. The SMILES string of the molecule is CCc1ccc(CN(C)C(=O)[C@H](N)C(C)C)cc1. The maximum atomic E-state index is 12.0. The van der Waals surface area contributed by atoms with Crippen LogP contribution in [0, 0.1) is 5.92 Å². The largest absolute Gasteiger partial charge is 0.340 e. The smallest absolute Gasteiger partial charge is 0.239 e. The van der Waals surface area contributed by atoms with Gasteiger partial charge in [0.2, 0.25) is 5.91 Å². The molecule has 0 saturated carbocycles. The molecule has 3 heteroatoms. The molecular weight excluding hydrogens is 224 g/mol. The molecule has 1 atom stereocenters. The zero-order valence-electron chi connectivity index (χ0n) is 11.8. The Morgan fingerprint density at radius 3 is 2.17 bits per heavy atom. The molecule has 0 aliphatic rings. The van der Waals surface area contributed by atoms with Crippen molar-refractivity contribution in [3.8, 4) is 0 Å². The van der Waals surface area contributed by atoms with Crippen LogP contribution in [0.3, 0.4) is 0 Å². The van der Waals surface area contributed by atoms with Gasteiger partial charge in [0.15, 0.2) is 0 Å². The van der Waals surface area contributed by atoms with Gasteiger partial charge in [-0.05, 0) is 23.5 Å². The highest BCUT2D eigenvalue weighted by atomic mass is 16.2. The van der Waals surface area contributed by atoms with E-state index in [4.69, 9.17) is 5.73 Å². The molecule has 100 valence electrons. The lowest BCUT2D eigenvalue weighted by molar-refractivity contribution is -0.132. The molecule has 0 aliphatic heterocycles. The van der Waals surface area contributed by atoms with Crippen molar-refractivity contribution >= 4 is 5.91 Å². The number of hydrogen-bond acceptors (Lipinski definition) is 2. The number of likely N-dealkylation sites (N-methyl/N-ethyl adjacent to an activating group) is 1. The minimum Gasteiger partial charge on any atom is -0.340 e. The fraction of sp³-hybridized carbons (Fsp3) is 0.533. The fourth-order valence-electron chi connectivity index (χ4n) is 1.77. The zero-order valence-corrected chi connectivity index (χ0v) is 11.8. The van der Waals surface area contributed by atoms with Gasteiger partial charge in [-0.1, -0.05) is 45.0 Å². The standard InChI is InChI=1S/C15H24N2O/c1-5-12-6-8-13(9-7-12)10-17(4)15(18)14(16)11(2)3/h6-9,11,14H,5,10,16H2,1-4H3/t14-/m1/s1. The third-order valence-electron chi connectivity index (χ3n) is 3.23. The Labute approximate surface area is 110 Å². The molecule has 1 rings (SSSR count). The Bertz CT molecular complexity index is 384. The first-order valence-corrected chi connectivity index (χ1v) is 6.54. The summed E-state index contributed by atoms with van der Waals surface area (Å²) in [5, 5.41) is 0. The predicted octanol–water partition coefficient (Wildman–Crippen LogP) is 2.19. The van der Waals surface area contributed by atoms with Gasteiger partial charge >= 0.3 is 0 Å². The Hall–Kier alpha value is -1.35. The summed E-state index contributed by atoms with van der Waals surface area (Å²) in [6, 6.07) is 7.95. The molecule has 0 aliphatic carbocycles. The lowest BCUT2D eigenvalue weighted by Gasteiger charge is -2.23. The summed E-state index contributed by atoms with van der Waals surface area (Å²) in [7, 11) is 1.80. The number of nitrogens with zero attached hydrogens (tertiary/aromatic N) is 1. The minimum absolute atomic E-state index is 0.00423. The van der Waals surface area contributed by atoms with E-state index in [1.807, 2.05) is 13.8 Å². The molecule has 0 radical (unpaired) electrons. The van der Waals surface area contributed by atoms with Crippen molar-refractivity contribution in [3.63, 3.8) is 0 Å². The molecule has 1 aromatic rings. The van der Waals surface area contributed by atoms with Crippen molar-refractivity contribution < 1.29 is 4.79 Å². The molecule has 0 unspecified atom stereocenters. The van der Waals surface area contributed by atoms with Crippen LogP contribution in [0.4, 0.5) is 0 Å². The van der Waals surface area contributed by atoms with E-state index in [1.165, 1.54) is 5.56 Å². The topological polar surface area (TPSA) is 46.3 Å². The highest BCUT2D eigenvalue weighted by Crippen LogP contribution is 2.09. The summed E-state index contributed by atoms with van der Waals surface area (Å²) in [6.07, 6.45) is 1.03. The molecule has 0 spiro atoms. The molecule has 2 N–H and O–H groups in total. The Kier molecular flexibility index (Phi) is 5.35. The van der Waals surface area contributed by atoms with Crippen LogP contribution in [-0.4, -0.2) is 23.9 Å². The Morgan fingerprint density at radius 2 is 1.72 bits per heavy atom. The van der Waals surface area contributed by atoms with E-state index in [0.29, 0.717) is 6.54 Å². The normalized spacial score (nSPS) is 12.6. The molecule has 0 saturated heterocycles. The van der Waals surface area contributed by atoms with Gasteiger partial charge in [-0.25, -0.2) is 0 Å². The van der Waals surface area contributed by atoms with Gasteiger partial charge in [0.05, 0.1) is 6.04 Å². The van der Waals surface area contributed by atoms with Gasteiger partial charge in [0, 0.05) is 13.6 Å². The van der Waals surface area contributed by atoms with Crippen LogP contribution in [0.15, 0.2) is 24.3 Å². The number of carbonyl (C=O) groups excluding carboxylic acids is 1. The van der Waals surface area contributed by atoms with E-state index < -0.39 is 6.04 Å². The number of rotatable bonds is 5. The van der Waals surface area contributed by atoms with Crippen LogP contribution < -0.4 is 5.73 Å². The van der Waals surface area contributed by atoms with Gasteiger partial charge in [0.25, 0.3) is 0 Å². The zero-order chi connectivity index (χ0) is 13.7. The number of benzene rings is 1.